The second-order valence-electron chi connectivity index (χ2n) is 5.06. The monoisotopic (exact) mass is 293 g/mol. The van der Waals surface area contributed by atoms with Crippen LogP contribution in [0.4, 0.5) is 0 Å². The van der Waals surface area contributed by atoms with Gasteiger partial charge < -0.3 is 19.5 Å². The van der Waals surface area contributed by atoms with Gasteiger partial charge in [0.2, 0.25) is 6.79 Å². The van der Waals surface area contributed by atoms with Gasteiger partial charge in [0, 0.05) is 18.7 Å². The Morgan fingerprint density at radius 1 is 1.33 bits per heavy atom. The lowest BCUT2D eigenvalue weighted by atomic mass is 10.1. The van der Waals surface area contributed by atoms with Crippen molar-refractivity contribution in [3.8, 4) is 11.5 Å². The van der Waals surface area contributed by atoms with Crippen molar-refractivity contribution in [2.75, 3.05) is 19.9 Å². The summed E-state index contributed by atoms with van der Waals surface area (Å²) in [7, 11) is 0. The van der Waals surface area contributed by atoms with E-state index >= 15 is 0 Å². The maximum Gasteiger partial charge on any atom is 0.308 e. The first-order valence-corrected chi connectivity index (χ1v) is 6.94. The molecule has 0 spiro atoms. The lowest BCUT2D eigenvalue weighted by Crippen LogP contribution is -2.37. The number of carbonyl (C=O) groups excluding carboxylic acids is 1. The van der Waals surface area contributed by atoms with E-state index in [1.807, 2.05) is 6.92 Å². The molecule has 1 unspecified atom stereocenters. The third-order valence-electron chi connectivity index (χ3n) is 3.32. The summed E-state index contributed by atoms with van der Waals surface area (Å²) in [6.45, 7) is 4.41. The van der Waals surface area contributed by atoms with Crippen LogP contribution in [0.2, 0.25) is 0 Å². The number of hydrogen-bond acceptors (Lipinski definition) is 4. The van der Waals surface area contributed by atoms with Crippen LogP contribution in [0.3, 0.4) is 0 Å². The lowest BCUT2D eigenvalue weighted by molar-refractivity contribution is -0.141. The molecule has 1 N–H and O–H groups in total. The number of benzene rings is 1. The van der Waals surface area contributed by atoms with Crippen LogP contribution >= 0.6 is 0 Å². The summed E-state index contributed by atoms with van der Waals surface area (Å²) in [6, 6.07) is 5.00. The van der Waals surface area contributed by atoms with Gasteiger partial charge in [0.15, 0.2) is 11.5 Å². The summed E-state index contributed by atoms with van der Waals surface area (Å²) >= 11 is 0. The predicted octanol–water partition coefficient (Wildman–Crippen LogP) is 1.99. The van der Waals surface area contributed by atoms with Crippen LogP contribution in [0, 0.1) is 5.92 Å². The molecule has 0 fully saturated rings. The van der Waals surface area contributed by atoms with Gasteiger partial charge in [0.1, 0.15) is 0 Å². The first-order chi connectivity index (χ1) is 10.0. The number of fused-ring (bicyclic) bond motifs is 1. The van der Waals surface area contributed by atoms with Crippen molar-refractivity contribution in [1.29, 1.82) is 0 Å². The van der Waals surface area contributed by atoms with Gasteiger partial charge in [-0.2, -0.15) is 0 Å². The van der Waals surface area contributed by atoms with Gasteiger partial charge in [-0.3, -0.25) is 9.59 Å². The van der Waals surface area contributed by atoms with Gasteiger partial charge in [0.05, 0.1) is 5.92 Å². The van der Waals surface area contributed by atoms with E-state index in [0.717, 1.165) is 6.42 Å². The van der Waals surface area contributed by atoms with Crippen LogP contribution in [-0.4, -0.2) is 41.8 Å². The summed E-state index contributed by atoms with van der Waals surface area (Å²) in [5, 5.41) is 9.00. The van der Waals surface area contributed by atoms with Crippen LogP contribution in [-0.2, 0) is 4.79 Å². The molecular formula is C15H19NO5. The first-order valence-electron chi connectivity index (χ1n) is 6.94. The highest BCUT2D eigenvalue weighted by atomic mass is 16.7. The highest BCUT2D eigenvalue weighted by molar-refractivity contribution is 5.95. The Hall–Kier alpha value is -2.24. The Morgan fingerprint density at radius 3 is 2.71 bits per heavy atom. The zero-order chi connectivity index (χ0) is 15.4. The maximum absolute atomic E-state index is 12.5. The van der Waals surface area contributed by atoms with E-state index in [4.69, 9.17) is 14.6 Å². The topological polar surface area (TPSA) is 76.1 Å². The number of aliphatic carboxylic acids is 1. The lowest BCUT2D eigenvalue weighted by Gasteiger charge is -2.24. The molecule has 114 valence electrons. The molecule has 1 aliphatic heterocycles. The number of carboxylic acid groups (broad SMARTS) is 1. The average Bonchev–Trinajstić information content (AvgIpc) is 2.93. The minimum atomic E-state index is -0.908. The molecule has 1 heterocycles. The van der Waals surface area contributed by atoms with Crippen molar-refractivity contribution in [3.05, 3.63) is 23.8 Å². The molecule has 1 aliphatic rings. The average molecular weight is 293 g/mol. The number of carboxylic acids is 1. The smallest absolute Gasteiger partial charge is 0.308 e. The number of nitrogens with zero attached hydrogens (tertiary/aromatic N) is 1. The fraction of sp³-hybridized carbons (Fsp3) is 0.467. The Balaban J connectivity index is 2.15. The molecule has 0 bridgehead atoms. The fourth-order valence-corrected chi connectivity index (χ4v) is 2.17. The summed E-state index contributed by atoms with van der Waals surface area (Å²) in [4.78, 5) is 25.1. The van der Waals surface area contributed by atoms with Gasteiger partial charge in [-0.15, -0.1) is 0 Å². The minimum absolute atomic E-state index is 0.154. The van der Waals surface area contributed by atoms with E-state index in [1.54, 1.807) is 30.0 Å². The van der Waals surface area contributed by atoms with E-state index in [-0.39, 0.29) is 19.2 Å². The summed E-state index contributed by atoms with van der Waals surface area (Å²) in [6.07, 6.45) is 0.766. The number of ether oxygens (including phenoxy) is 2. The Kier molecular flexibility index (Phi) is 4.67. The molecule has 1 amide bonds. The van der Waals surface area contributed by atoms with Crippen LogP contribution in [0.15, 0.2) is 18.2 Å². The van der Waals surface area contributed by atoms with Crippen molar-refractivity contribution in [2.24, 2.45) is 5.92 Å². The molecule has 6 nitrogen and oxygen atoms in total. The molecule has 2 rings (SSSR count). The molecule has 21 heavy (non-hydrogen) atoms. The predicted molar refractivity (Wildman–Crippen MR) is 75.6 cm³/mol. The SMILES string of the molecule is CCCN(CC(C)C(=O)O)C(=O)c1ccc2c(c1)OCO2. The fourth-order valence-electron chi connectivity index (χ4n) is 2.17. The maximum atomic E-state index is 12.5. The molecule has 1 aromatic rings. The molecule has 6 heteroatoms. The van der Waals surface area contributed by atoms with Crippen LogP contribution in [0.25, 0.3) is 0 Å². The van der Waals surface area contributed by atoms with Gasteiger partial charge in [-0.05, 0) is 24.6 Å². The number of rotatable bonds is 6. The Morgan fingerprint density at radius 2 is 2.05 bits per heavy atom. The highest BCUT2D eigenvalue weighted by Crippen LogP contribution is 2.32. The van der Waals surface area contributed by atoms with Gasteiger partial charge in [-0.25, -0.2) is 0 Å². The Bertz CT molecular complexity index is 543. The van der Waals surface area contributed by atoms with Gasteiger partial charge in [-0.1, -0.05) is 13.8 Å². The van der Waals surface area contributed by atoms with Crippen molar-refractivity contribution in [2.45, 2.75) is 20.3 Å². The molecule has 0 saturated carbocycles. The molecular weight excluding hydrogens is 274 g/mol. The molecule has 0 aromatic heterocycles. The normalized spacial score (nSPS) is 13.8. The third-order valence-corrected chi connectivity index (χ3v) is 3.32. The van der Waals surface area contributed by atoms with E-state index in [2.05, 4.69) is 0 Å². The van der Waals surface area contributed by atoms with E-state index < -0.39 is 11.9 Å². The van der Waals surface area contributed by atoms with Crippen molar-refractivity contribution >= 4 is 11.9 Å². The standard InChI is InChI=1S/C15H19NO5/c1-3-6-16(8-10(2)15(18)19)14(17)11-4-5-12-13(7-11)21-9-20-12/h4-5,7,10H,3,6,8-9H2,1-2H3,(H,18,19). The summed E-state index contributed by atoms with van der Waals surface area (Å²) in [5.74, 6) is -0.538. The van der Waals surface area contributed by atoms with E-state index in [0.29, 0.717) is 23.6 Å². The number of carbonyl (C=O) groups is 2. The quantitative estimate of drug-likeness (QED) is 0.868. The largest absolute Gasteiger partial charge is 0.481 e. The van der Waals surface area contributed by atoms with E-state index in [1.165, 1.54) is 0 Å². The summed E-state index contributed by atoms with van der Waals surface area (Å²) in [5.41, 5.74) is 0.477. The van der Waals surface area contributed by atoms with Gasteiger partial charge in [0.25, 0.3) is 5.91 Å². The van der Waals surface area contributed by atoms with E-state index in [9.17, 15) is 9.59 Å². The molecule has 1 atom stereocenters. The van der Waals surface area contributed by atoms with Crippen LogP contribution < -0.4 is 9.47 Å². The first kappa shape index (κ1) is 15.2. The zero-order valence-electron chi connectivity index (χ0n) is 12.2. The zero-order valence-corrected chi connectivity index (χ0v) is 12.2. The molecule has 0 saturated heterocycles. The van der Waals surface area contributed by atoms with Gasteiger partial charge >= 0.3 is 5.97 Å². The molecule has 1 aromatic carbocycles. The second kappa shape index (κ2) is 6.47. The number of amides is 1. The molecule has 0 radical (unpaired) electrons. The van der Waals surface area contributed by atoms with Crippen LogP contribution in [0.1, 0.15) is 30.6 Å². The highest BCUT2D eigenvalue weighted by Gasteiger charge is 2.23. The second-order valence-corrected chi connectivity index (χ2v) is 5.06. The van der Waals surface area contributed by atoms with Crippen molar-refractivity contribution < 1.29 is 24.2 Å². The van der Waals surface area contributed by atoms with Crippen molar-refractivity contribution in [3.63, 3.8) is 0 Å². The van der Waals surface area contributed by atoms with Crippen LogP contribution in [0.5, 0.6) is 11.5 Å². The number of hydrogen-bond donors (Lipinski definition) is 1. The molecule has 0 aliphatic carbocycles. The minimum Gasteiger partial charge on any atom is -0.481 e. The Labute approximate surface area is 123 Å². The third kappa shape index (κ3) is 3.45. The van der Waals surface area contributed by atoms with Crippen molar-refractivity contribution in [1.82, 2.24) is 4.90 Å². The summed E-state index contributed by atoms with van der Waals surface area (Å²) < 4.78 is 10.5.